The number of hydrogen-bond acceptors (Lipinski definition) is 5. The first-order valence-corrected chi connectivity index (χ1v) is 11.5. The SMILES string of the molecule is Cc1cn2cc(-c3ccc(N4CCC5(CC4)COCCN5)nc3C(C)C)cc(C)c2n1. The Kier molecular flexibility index (Phi) is 5.22. The predicted molar refractivity (Wildman–Crippen MR) is 125 cm³/mol. The molecule has 2 saturated heterocycles. The number of rotatable bonds is 3. The molecule has 5 heterocycles. The molecule has 0 atom stereocenters. The zero-order valence-corrected chi connectivity index (χ0v) is 19.1. The van der Waals surface area contributed by atoms with Crippen LogP contribution in [0.5, 0.6) is 0 Å². The first-order chi connectivity index (χ1) is 14.9. The van der Waals surface area contributed by atoms with Crippen molar-refractivity contribution in [3.05, 3.63) is 47.5 Å². The Morgan fingerprint density at radius 3 is 2.61 bits per heavy atom. The van der Waals surface area contributed by atoms with E-state index in [2.05, 4.69) is 71.0 Å². The molecule has 2 aliphatic heterocycles. The number of ether oxygens (including phenoxy) is 1. The van der Waals surface area contributed by atoms with Crippen molar-refractivity contribution >= 4 is 11.5 Å². The van der Waals surface area contributed by atoms with Gasteiger partial charge in [-0.05, 0) is 56.4 Å². The van der Waals surface area contributed by atoms with Gasteiger partial charge in [-0.3, -0.25) is 0 Å². The summed E-state index contributed by atoms with van der Waals surface area (Å²) in [5.41, 5.74) is 6.99. The fourth-order valence-electron chi connectivity index (χ4n) is 5.05. The molecular formula is C25H33N5O. The average molecular weight is 420 g/mol. The van der Waals surface area contributed by atoms with Crippen LogP contribution in [0.1, 0.15) is 49.6 Å². The maximum Gasteiger partial charge on any atom is 0.139 e. The molecule has 1 N–H and O–H groups in total. The van der Waals surface area contributed by atoms with Crippen LogP contribution in [0.2, 0.25) is 0 Å². The summed E-state index contributed by atoms with van der Waals surface area (Å²) in [5, 5.41) is 3.71. The van der Waals surface area contributed by atoms with Crippen molar-refractivity contribution in [3.63, 3.8) is 0 Å². The molecule has 3 aromatic rings. The van der Waals surface area contributed by atoms with E-state index in [1.165, 1.54) is 16.7 Å². The van der Waals surface area contributed by atoms with Gasteiger partial charge < -0.3 is 19.4 Å². The molecule has 164 valence electrons. The third-order valence-corrected chi connectivity index (χ3v) is 6.79. The number of hydrogen-bond donors (Lipinski definition) is 1. The quantitative estimate of drug-likeness (QED) is 0.693. The summed E-state index contributed by atoms with van der Waals surface area (Å²) >= 11 is 0. The van der Waals surface area contributed by atoms with E-state index < -0.39 is 0 Å². The molecule has 0 aliphatic carbocycles. The number of aryl methyl sites for hydroxylation is 2. The highest BCUT2D eigenvalue weighted by Crippen LogP contribution is 2.33. The number of imidazole rings is 1. The molecule has 0 bridgehead atoms. The van der Waals surface area contributed by atoms with Gasteiger partial charge in [0.05, 0.1) is 24.6 Å². The van der Waals surface area contributed by atoms with Crippen LogP contribution in [0, 0.1) is 13.8 Å². The van der Waals surface area contributed by atoms with E-state index in [0.29, 0.717) is 5.92 Å². The summed E-state index contributed by atoms with van der Waals surface area (Å²) in [4.78, 5) is 12.2. The normalized spacial score (nSPS) is 18.9. The molecule has 0 amide bonds. The highest BCUT2D eigenvalue weighted by atomic mass is 16.5. The molecule has 6 nitrogen and oxygen atoms in total. The van der Waals surface area contributed by atoms with Crippen LogP contribution < -0.4 is 10.2 Å². The van der Waals surface area contributed by atoms with Gasteiger partial charge in [0.1, 0.15) is 11.5 Å². The third kappa shape index (κ3) is 3.83. The minimum atomic E-state index is 0.158. The van der Waals surface area contributed by atoms with E-state index in [-0.39, 0.29) is 5.54 Å². The number of piperidine rings is 1. The monoisotopic (exact) mass is 419 g/mol. The van der Waals surface area contributed by atoms with Gasteiger partial charge in [-0.1, -0.05) is 13.8 Å². The second kappa shape index (κ2) is 7.92. The number of fused-ring (bicyclic) bond motifs is 1. The molecule has 6 heteroatoms. The third-order valence-electron chi connectivity index (χ3n) is 6.79. The fourth-order valence-corrected chi connectivity index (χ4v) is 5.05. The van der Waals surface area contributed by atoms with Crippen LogP contribution >= 0.6 is 0 Å². The number of morpholine rings is 1. The van der Waals surface area contributed by atoms with Gasteiger partial charge in [0.2, 0.25) is 0 Å². The smallest absolute Gasteiger partial charge is 0.139 e. The van der Waals surface area contributed by atoms with Gasteiger partial charge in [-0.15, -0.1) is 0 Å². The number of pyridine rings is 2. The van der Waals surface area contributed by atoms with E-state index >= 15 is 0 Å². The highest BCUT2D eigenvalue weighted by Gasteiger charge is 2.36. The molecule has 0 radical (unpaired) electrons. The maximum atomic E-state index is 5.76. The molecule has 0 aromatic carbocycles. The lowest BCUT2D eigenvalue weighted by molar-refractivity contribution is 0.0157. The number of aromatic nitrogens is 3. The first kappa shape index (κ1) is 20.5. The molecule has 31 heavy (non-hydrogen) atoms. The summed E-state index contributed by atoms with van der Waals surface area (Å²) in [5.74, 6) is 1.44. The summed E-state index contributed by atoms with van der Waals surface area (Å²) in [7, 11) is 0. The molecule has 3 aromatic heterocycles. The van der Waals surface area contributed by atoms with Gasteiger partial charge in [0, 0.05) is 48.7 Å². The molecule has 0 saturated carbocycles. The van der Waals surface area contributed by atoms with Crippen molar-refractivity contribution in [2.45, 2.75) is 52.0 Å². The van der Waals surface area contributed by atoms with Crippen molar-refractivity contribution in [2.75, 3.05) is 37.7 Å². The summed E-state index contributed by atoms with van der Waals surface area (Å²) in [6.45, 7) is 13.3. The lowest BCUT2D eigenvalue weighted by Crippen LogP contribution is -2.59. The lowest BCUT2D eigenvalue weighted by Gasteiger charge is -2.45. The Morgan fingerprint density at radius 2 is 1.90 bits per heavy atom. The molecule has 2 fully saturated rings. The van der Waals surface area contributed by atoms with Crippen LogP contribution in [0.4, 0.5) is 5.82 Å². The Balaban J connectivity index is 1.45. The van der Waals surface area contributed by atoms with Gasteiger partial charge in [-0.25, -0.2) is 9.97 Å². The Labute approximate surface area is 184 Å². The second-order valence-electron chi connectivity index (χ2n) is 9.53. The number of nitrogens with zero attached hydrogens (tertiary/aromatic N) is 4. The molecular weight excluding hydrogens is 386 g/mol. The van der Waals surface area contributed by atoms with Crippen LogP contribution in [-0.4, -0.2) is 52.8 Å². The van der Waals surface area contributed by atoms with E-state index in [9.17, 15) is 0 Å². The number of nitrogens with one attached hydrogen (secondary N) is 1. The van der Waals surface area contributed by atoms with Gasteiger partial charge in [-0.2, -0.15) is 0 Å². The van der Waals surface area contributed by atoms with Gasteiger partial charge >= 0.3 is 0 Å². The van der Waals surface area contributed by atoms with Crippen molar-refractivity contribution < 1.29 is 4.74 Å². The van der Waals surface area contributed by atoms with Crippen LogP contribution in [0.15, 0.2) is 30.6 Å². The van der Waals surface area contributed by atoms with Crippen molar-refractivity contribution in [1.82, 2.24) is 19.7 Å². The lowest BCUT2D eigenvalue weighted by atomic mass is 9.87. The molecule has 1 spiro atoms. The first-order valence-electron chi connectivity index (χ1n) is 11.5. The summed E-state index contributed by atoms with van der Waals surface area (Å²) < 4.78 is 7.90. The zero-order chi connectivity index (χ0) is 21.6. The molecule has 0 unspecified atom stereocenters. The van der Waals surface area contributed by atoms with Crippen molar-refractivity contribution in [3.8, 4) is 11.1 Å². The van der Waals surface area contributed by atoms with Crippen LogP contribution in [-0.2, 0) is 4.74 Å². The number of anilines is 1. The van der Waals surface area contributed by atoms with Crippen LogP contribution in [0.3, 0.4) is 0 Å². The molecule has 2 aliphatic rings. The Morgan fingerprint density at radius 1 is 1.10 bits per heavy atom. The minimum absolute atomic E-state index is 0.158. The second-order valence-corrected chi connectivity index (χ2v) is 9.53. The maximum absolute atomic E-state index is 5.76. The van der Waals surface area contributed by atoms with E-state index in [0.717, 1.165) is 68.5 Å². The predicted octanol–water partition coefficient (Wildman–Crippen LogP) is 4.10. The highest BCUT2D eigenvalue weighted by molar-refractivity contribution is 5.70. The largest absolute Gasteiger partial charge is 0.378 e. The van der Waals surface area contributed by atoms with E-state index in [4.69, 9.17) is 9.72 Å². The standard InChI is InChI=1S/C25H33N5O/c1-17(2)23-21(20-13-18(3)24-27-19(4)14-30(24)15-20)5-6-22(28-23)29-10-7-25(8-11-29)16-31-12-9-26-25/h5-6,13-15,17,26H,7-12,16H2,1-4H3. The summed E-state index contributed by atoms with van der Waals surface area (Å²) in [6.07, 6.45) is 6.48. The van der Waals surface area contributed by atoms with Gasteiger partial charge in [0.25, 0.3) is 0 Å². The van der Waals surface area contributed by atoms with E-state index in [1.54, 1.807) is 0 Å². The van der Waals surface area contributed by atoms with Gasteiger partial charge in [0.15, 0.2) is 0 Å². The Bertz CT molecular complexity index is 1090. The van der Waals surface area contributed by atoms with Crippen molar-refractivity contribution in [2.24, 2.45) is 0 Å². The van der Waals surface area contributed by atoms with E-state index in [1.807, 2.05) is 6.92 Å². The minimum Gasteiger partial charge on any atom is -0.378 e. The summed E-state index contributed by atoms with van der Waals surface area (Å²) in [6, 6.07) is 6.70. The topological polar surface area (TPSA) is 54.7 Å². The van der Waals surface area contributed by atoms with Crippen LogP contribution in [0.25, 0.3) is 16.8 Å². The zero-order valence-electron chi connectivity index (χ0n) is 19.1. The molecule has 5 rings (SSSR count). The Hall–Kier alpha value is -2.44. The van der Waals surface area contributed by atoms with Crippen molar-refractivity contribution in [1.29, 1.82) is 0 Å². The fraction of sp³-hybridized carbons (Fsp3) is 0.520. The average Bonchev–Trinajstić information content (AvgIpc) is 3.15.